The zero-order valence-electron chi connectivity index (χ0n) is 18.4. The maximum atomic E-state index is 13.3. The van der Waals surface area contributed by atoms with Crippen LogP contribution in [0.4, 0.5) is 5.69 Å². The summed E-state index contributed by atoms with van der Waals surface area (Å²) in [4.78, 5) is 13.2. The van der Waals surface area contributed by atoms with Crippen LogP contribution < -0.4 is 10.1 Å². The first kappa shape index (κ1) is 23.8. The Balaban J connectivity index is 1.83. The average molecular weight is 509 g/mol. The molecule has 0 spiro atoms. The molecule has 1 atom stereocenters. The summed E-state index contributed by atoms with van der Waals surface area (Å²) in [6.07, 6.45) is 2.07. The Labute approximate surface area is 193 Å². The van der Waals surface area contributed by atoms with Crippen molar-refractivity contribution in [2.75, 3.05) is 25.5 Å². The molecule has 0 radical (unpaired) electrons. The van der Waals surface area contributed by atoms with E-state index in [1.54, 1.807) is 12.1 Å². The number of carbonyl (C=O) groups excluding carboxylic acids is 1. The molecule has 1 unspecified atom stereocenters. The van der Waals surface area contributed by atoms with Crippen molar-refractivity contribution in [3.05, 3.63) is 51.5 Å². The summed E-state index contributed by atoms with van der Waals surface area (Å²) in [6.45, 7) is 6.39. The summed E-state index contributed by atoms with van der Waals surface area (Å²) >= 11 is 3.50. The molecule has 0 bridgehead atoms. The first-order chi connectivity index (χ1) is 14.7. The van der Waals surface area contributed by atoms with Gasteiger partial charge in [0, 0.05) is 23.2 Å². The number of anilines is 1. The van der Waals surface area contributed by atoms with Gasteiger partial charge in [0.25, 0.3) is 0 Å². The van der Waals surface area contributed by atoms with Gasteiger partial charge in [-0.1, -0.05) is 28.9 Å². The van der Waals surface area contributed by atoms with E-state index in [9.17, 15) is 13.2 Å². The van der Waals surface area contributed by atoms with Gasteiger partial charge in [0.05, 0.1) is 13.0 Å². The quantitative estimate of drug-likeness (QED) is 0.614. The predicted octanol–water partition coefficient (Wildman–Crippen LogP) is 4.68. The molecule has 1 fully saturated rings. The molecule has 31 heavy (non-hydrogen) atoms. The molecule has 8 heteroatoms. The molecule has 168 valence electrons. The minimum atomic E-state index is -3.77. The fourth-order valence-electron chi connectivity index (χ4n) is 3.99. The number of methoxy groups -OCH3 is 1. The molecular weight excluding hydrogens is 480 g/mol. The second kappa shape index (κ2) is 9.71. The molecule has 2 aromatic rings. The van der Waals surface area contributed by atoms with E-state index in [0.29, 0.717) is 25.1 Å². The lowest BCUT2D eigenvalue weighted by Crippen LogP contribution is -2.43. The zero-order chi connectivity index (χ0) is 22.8. The van der Waals surface area contributed by atoms with E-state index in [-0.39, 0.29) is 17.3 Å². The number of nitrogens with one attached hydrogen (secondary N) is 1. The standard InChI is InChI=1S/C23H29BrN2O4S/c1-5-17-13-19(24)12-16(3)22(17)25-23(27)18-7-6-10-26(14-18)31(28,29)21-11-15(2)8-9-20(21)30-4/h8-9,11-13,18H,5-7,10,14H2,1-4H3,(H,25,27). The van der Waals surface area contributed by atoms with E-state index < -0.39 is 15.9 Å². The van der Waals surface area contributed by atoms with Gasteiger partial charge in [-0.15, -0.1) is 0 Å². The summed E-state index contributed by atoms with van der Waals surface area (Å²) in [5, 5.41) is 3.06. The van der Waals surface area contributed by atoms with Gasteiger partial charge in [-0.2, -0.15) is 4.31 Å². The van der Waals surface area contributed by atoms with Gasteiger partial charge in [0.1, 0.15) is 10.6 Å². The number of rotatable bonds is 6. The maximum Gasteiger partial charge on any atom is 0.246 e. The van der Waals surface area contributed by atoms with Crippen LogP contribution in [0.2, 0.25) is 0 Å². The Hall–Kier alpha value is -1.90. The Kier molecular flexibility index (Phi) is 7.44. The lowest BCUT2D eigenvalue weighted by molar-refractivity contribution is -0.120. The number of sulfonamides is 1. The molecule has 2 aromatic carbocycles. The minimum Gasteiger partial charge on any atom is -0.495 e. The third kappa shape index (κ3) is 5.13. The van der Waals surface area contributed by atoms with E-state index in [2.05, 4.69) is 21.2 Å². The van der Waals surface area contributed by atoms with Crippen molar-refractivity contribution >= 4 is 37.5 Å². The number of aryl methyl sites for hydroxylation is 3. The molecule has 0 aliphatic carbocycles. The molecule has 1 aliphatic rings. The second-order valence-electron chi connectivity index (χ2n) is 7.96. The van der Waals surface area contributed by atoms with E-state index in [4.69, 9.17) is 4.74 Å². The normalized spacial score (nSPS) is 17.4. The van der Waals surface area contributed by atoms with Crippen LogP contribution in [0.25, 0.3) is 0 Å². The number of hydrogen-bond donors (Lipinski definition) is 1. The SMILES string of the molecule is CCc1cc(Br)cc(C)c1NC(=O)C1CCCN(S(=O)(=O)c2cc(C)ccc2OC)C1. The van der Waals surface area contributed by atoms with Crippen molar-refractivity contribution in [1.29, 1.82) is 0 Å². The molecule has 0 aromatic heterocycles. The molecule has 1 amide bonds. The van der Waals surface area contributed by atoms with E-state index >= 15 is 0 Å². The highest BCUT2D eigenvalue weighted by Crippen LogP contribution is 2.32. The molecule has 6 nitrogen and oxygen atoms in total. The number of amides is 1. The highest BCUT2D eigenvalue weighted by molar-refractivity contribution is 9.10. The maximum absolute atomic E-state index is 13.3. The highest BCUT2D eigenvalue weighted by Gasteiger charge is 2.35. The number of piperidine rings is 1. The van der Waals surface area contributed by atoms with Crippen molar-refractivity contribution in [3.63, 3.8) is 0 Å². The second-order valence-corrected chi connectivity index (χ2v) is 10.8. The van der Waals surface area contributed by atoms with Crippen LogP contribution in [0.3, 0.4) is 0 Å². The number of halogens is 1. The Morgan fingerprint density at radius 3 is 2.68 bits per heavy atom. The molecule has 0 saturated carbocycles. The first-order valence-corrected chi connectivity index (χ1v) is 12.6. The van der Waals surface area contributed by atoms with E-state index in [1.807, 2.05) is 39.0 Å². The number of benzene rings is 2. The lowest BCUT2D eigenvalue weighted by atomic mass is 9.98. The Morgan fingerprint density at radius 2 is 2.00 bits per heavy atom. The smallest absolute Gasteiger partial charge is 0.246 e. The van der Waals surface area contributed by atoms with Gasteiger partial charge in [-0.3, -0.25) is 4.79 Å². The first-order valence-electron chi connectivity index (χ1n) is 10.4. The Bertz CT molecular complexity index is 1090. The fraction of sp³-hybridized carbons (Fsp3) is 0.435. The molecule has 3 rings (SSSR count). The van der Waals surface area contributed by atoms with Crippen molar-refractivity contribution in [1.82, 2.24) is 4.31 Å². The highest BCUT2D eigenvalue weighted by atomic mass is 79.9. The van der Waals surface area contributed by atoms with Crippen molar-refractivity contribution < 1.29 is 17.9 Å². The third-order valence-electron chi connectivity index (χ3n) is 5.70. The van der Waals surface area contributed by atoms with Crippen LogP contribution in [0, 0.1) is 19.8 Å². The number of nitrogens with zero attached hydrogens (tertiary/aromatic N) is 1. The van der Waals surface area contributed by atoms with Gasteiger partial charge in [-0.05, 0) is 74.1 Å². The summed E-state index contributed by atoms with van der Waals surface area (Å²) < 4.78 is 34.4. The summed E-state index contributed by atoms with van der Waals surface area (Å²) in [5.41, 5.74) is 3.67. The predicted molar refractivity (Wildman–Crippen MR) is 126 cm³/mol. The average Bonchev–Trinajstić information content (AvgIpc) is 2.75. The van der Waals surface area contributed by atoms with Crippen molar-refractivity contribution in [2.24, 2.45) is 5.92 Å². The lowest BCUT2D eigenvalue weighted by Gasteiger charge is -2.32. The van der Waals surface area contributed by atoms with Gasteiger partial charge in [-0.25, -0.2) is 8.42 Å². The number of ether oxygens (including phenoxy) is 1. The van der Waals surface area contributed by atoms with Crippen LogP contribution in [0.5, 0.6) is 5.75 Å². The van der Waals surface area contributed by atoms with E-state index in [0.717, 1.165) is 33.3 Å². The van der Waals surface area contributed by atoms with Crippen LogP contribution in [-0.4, -0.2) is 38.8 Å². The topological polar surface area (TPSA) is 75.7 Å². The zero-order valence-corrected chi connectivity index (χ0v) is 20.8. The Morgan fingerprint density at radius 1 is 1.26 bits per heavy atom. The fourth-order valence-corrected chi connectivity index (χ4v) is 6.38. The molecule has 1 saturated heterocycles. The minimum absolute atomic E-state index is 0.142. The molecule has 1 aliphatic heterocycles. The van der Waals surface area contributed by atoms with Gasteiger partial charge < -0.3 is 10.1 Å². The van der Waals surface area contributed by atoms with Gasteiger partial charge in [0.15, 0.2) is 0 Å². The molecule has 1 heterocycles. The van der Waals surface area contributed by atoms with Crippen molar-refractivity contribution in [2.45, 2.75) is 44.9 Å². The van der Waals surface area contributed by atoms with Crippen LogP contribution in [-0.2, 0) is 21.2 Å². The van der Waals surface area contributed by atoms with E-state index in [1.165, 1.54) is 11.4 Å². The van der Waals surface area contributed by atoms with Gasteiger partial charge in [0.2, 0.25) is 15.9 Å². The molecular formula is C23H29BrN2O4S. The number of hydrogen-bond acceptors (Lipinski definition) is 4. The summed E-state index contributed by atoms with van der Waals surface area (Å²) in [6, 6.07) is 9.08. The summed E-state index contributed by atoms with van der Waals surface area (Å²) in [7, 11) is -2.31. The van der Waals surface area contributed by atoms with Crippen molar-refractivity contribution in [3.8, 4) is 5.75 Å². The number of carbonyl (C=O) groups is 1. The monoisotopic (exact) mass is 508 g/mol. The largest absolute Gasteiger partial charge is 0.495 e. The summed E-state index contributed by atoms with van der Waals surface area (Å²) in [5.74, 6) is -0.237. The third-order valence-corrected chi connectivity index (χ3v) is 8.05. The van der Waals surface area contributed by atoms with Crippen LogP contribution in [0.1, 0.15) is 36.5 Å². The van der Waals surface area contributed by atoms with Crippen LogP contribution in [0.15, 0.2) is 39.7 Å². The van der Waals surface area contributed by atoms with Gasteiger partial charge >= 0.3 is 0 Å². The van der Waals surface area contributed by atoms with Crippen LogP contribution >= 0.6 is 15.9 Å². The molecule has 1 N–H and O–H groups in total.